The van der Waals surface area contributed by atoms with E-state index in [9.17, 15) is 13.6 Å². The number of hydrogen-bond acceptors (Lipinski definition) is 1. The van der Waals surface area contributed by atoms with Crippen LogP contribution in [0.5, 0.6) is 0 Å². The van der Waals surface area contributed by atoms with Gasteiger partial charge in [0.15, 0.2) is 11.6 Å². The fourth-order valence-corrected chi connectivity index (χ4v) is 1.55. The van der Waals surface area contributed by atoms with E-state index in [2.05, 4.69) is 0 Å². The van der Waals surface area contributed by atoms with Gasteiger partial charge in [0.2, 0.25) is 5.91 Å². The van der Waals surface area contributed by atoms with Crippen LogP contribution < -0.4 is 0 Å². The second kappa shape index (κ2) is 6.69. The van der Waals surface area contributed by atoms with Crippen LogP contribution in [0.15, 0.2) is 18.2 Å². The van der Waals surface area contributed by atoms with Crippen molar-refractivity contribution in [3.63, 3.8) is 0 Å². The van der Waals surface area contributed by atoms with E-state index >= 15 is 0 Å². The van der Waals surface area contributed by atoms with E-state index in [1.807, 2.05) is 6.92 Å². The Labute approximate surface area is 111 Å². The largest absolute Gasteiger partial charge is 0.345 e. The van der Waals surface area contributed by atoms with Crippen molar-refractivity contribution in [3.8, 4) is 0 Å². The molecule has 1 amide bonds. The molecule has 0 spiro atoms. The molecular weight excluding hydrogens is 260 g/mol. The molecule has 1 aromatic rings. The molecule has 18 heavy (non-hydrogen) atoms. The van der Waals surface area contributed by atoms with Crippen molar-refractivity contribution in [3.05, 3.63) is 35.4 Å². The van der Waals surface area contributed by atoms with Crippen LogP contribution in [0.2, 0.25) is 0 Å². The van der Waals surface area contributed by atoms with Gasteiger partial charge in [0, 0.05) is 19.0 Å². The smallest absolute Gasteiger partial charge is 0.226 e. The average Bonchev–Trinajstić information content (AvgIpc) is 2.30. The molecule has 0 saturated heterocycles. The highest BCUT2D eigenvalue weighted by molar-refractivity contribution is 6.20. The Bertz CT molecular complexity index is 423. The van der Waals surface area contributed by atoms with Crippen LogP contribution in [0.25, 0.3) is 0 Å². The summed E-state index contributed by atoms with van der Waals surface area (Å²) >= 11 is 5.80. The maximum Gasteiger partial charge on any atom is 0.226 e. The molecule has 0 aliphatic heterocycles. The summed E-state index contributed by atoms with van der Waals surface area (Å²) in [6.07, 6.45) is 0.756. The van der Waals surface area contributed by atoms with Gasteiger partial charge in [0.05, 0.1) is 6.42 Å². The topological polar surface area (TPSA) is 20.3 Å². The van der Waals surface area contributed by atoms with Gasteiger partial charge in [0.25, 0.3) is 0 Å². The number of likely N-dealkylation sites (N-methyl/N-ethyl adjacent to an activating group) is 1. The zero-order chi connectivity index (χ0) is 13.7. The number of alkyl halides is 1. The molecule has 1 rings (SSSR count). The van der Waals surface area contributed by atoms with E-state index in [1.54, 1.807) is 11.9 Å². The van der Waals surface area contributed by atoms with Crippen molar-refractivity contribution in [1.82, 2.24) is 4.90 Å². The third kappa shape index (κ3) is 4.61. The summed E-state index contributed by atoms with van der Waals surface area (Å²) < 4.78 is 25.7. The highest BCUT2D eigenvalue weighted by atomic mass is 35.5. The fraction of sp³-hybridized carbons (Fsp3) is 0.462. The molecule has 0 bridgehead atoms. The van der Waals surface area contributed by atoms with Crippen LogP contribution in [0.4, 0.5) is 8.78 Å². The summed E-state index contributed by atoms with van der Waals surface area (Å²) in [7, 11) is 1.67. The van der Waals surface area contributed by atoms with Gasteiger partial charge in [-0.3, -0.25) is 4.79 Å². The minimum absolute atomic E-state index is 0.00326. The number of carbonyl (C=O) groups is 1. The summed E-state index contributed by atoms with van der Waals surface area (Å²) in [6, 6.07) is 3.48. The number of rotatable bonds is 5. The minimum Gasteiger partial charge on any atom is -0.345 e. The van der Waals surface area contributed by atoms with Gasteiger partial charge in [-0.2, -0.15) is 0 Å². The first kappa shape index (κ1) is 14.9. The Morgan fingerprint density at radius 2 is 2.06 bits per heavy atom. The first-order valence-electron chi connectivity index (χ1n) is 5.72. The van der Waals surface area contributed by atoms with Crippen LogP contribution in [0, 0.1) is 11.6 Å². The average molecular weight is 276 g/mol. The van der Waals surface area contributed by atoms with Gasteiger partial charge in [0.1, 0.15) is 0 Å². The molecule has 2 nitrogen and oxygen atoms in total. The van der Waals surface area contributed by atoms with Crippen LogP contribution in [-0.4, -0.2) is 29.8 Å². The first-order chi connectivity index (χ1) is 8.40. The molecule has 5 heteroatoms. The van der Waals surface area contributed by atoms with Crippen molar-refractivity contribution >= 4 is 17.5 Å². The van der Waals surface area contributed by atoms with Crippen molar-refractivity contribution in [2.24, 2.45) is 0 Å². The number of benzene rings is 1. The molecule has 0 saturated carbocycles. The Kier molecular flexibility index (Phi) is 5.54. The number of amides is 1. The van der Waals surface area contributed by atoms with Gasteiger partial charge < -0.3 is 4.90 Å². The van der Waals surface area contributed by atoms with Crippen LogP contribution >= 0.6 is 11.6 Å². The van der Waals surface area contributed by atoms with Gasteiger partial charge in [-0.15, -0.1) is 11.6 Å². The summed E-state index contributed by atoms with van der Waals surface area (Å²) in [5, 5.41) is 0.00326. The van der Waals surface area contributed by atoms with Crippen molar-refractivity contribution < 1.29 is 13.6 Å². The zero-order valence-corrected chi connectivity index (χ0v) is 11.2. The van der Waals surface area contributed by atoms with E-state index in [-0.39, 0.29) is 17.7 Å². The fourth-order valence-electron chi connectivity index (χ4n) is 1.46. The molecule has 0 fully saturated rings. The van der Waals surface area contributed by atoms with E-state index in [0.29, 0.717) is 18.5 Å². The third-order valence-corrected chi connectivity index (χ3v) is 2.85. The first-order valence-corrected chi connectivity index (χ1v) is 6.15. The van der Waals surface area contributed by atoms with Gasteiger partial charge in [-0.25, -0.2) is 8.78 Å². The molecule has 1 unspecified atom stereocenters. The second-order valence-corrected chi connectivity index (χ2v) is 5.06. The lowest BCUT2D eigenvalue weighted by atomic mass is 10.1. The van der Waals surface area contributed by atoms with Crippen LogP contribution in [-0.2, 0) is 11.2 Å². The van der Waals surface area contributed by atoms with Gasteiger partial charge in [-0.1, -0.05) is 6.07 Å². The summed E-state index contributed by atoms with van der Waals surface area (Å²) in [4.78, 5) is 13.3. The van der Waals surface area contributed by atoms with Crippen LogP contribution in [0.3, 0.4) is 0 Å². The standard InChI is InChI=1S/C13H16ClF2NO/c1-9(14)5-6-17(2)13(18)8-10-3-4-11(15)12(16)7-10/h3-4,7,9H,5-6,8H2,1-2H3. The molecule has 0 aliphatic rings. The lowest BCUT2D eigenvalue weighted by molar-refractivity contribution is -0.129. The Hall–Kier alpha value is -1.16. The number of halogens is 3. The summed E-state index contributed by atoms with van der Waals surface area (Å²) in [5.41, 5.74) is 0.463. The molecule has 1 aromatic carbocycles. The Morgan fingerprint density at radius 3 is 2.61 bits per heavy atom. The third-order valence-electron chi connectivity index (χ3n) is 2.63. The van der Waals surface area contributed by atoms with E-state index in [1.165, 1.54) is 6.07 Å². The molecule has 0 heterocycles. The molecule has 0 N–H and O–H groups in total. The number of hydrogen-bond donors (Lipinski definition) is 0. The molecule has 0 aromatic heterocycles. The maximum atomic E-state index is 13.0. The van der Waals surface area contributed by atoms with Gasteiger partial charge >= 0.3 is 0 Å². The van der Waals surface area contributed by atoms with Crippen molar-refractivity contribution in [2.75, 3.05) is 13.6 Å². The molecular formula is C13H16ClF2NO. The molecule has 0 radical (unpaired) electrons. The quantitative estimate of drug-likeness (QED) is 0.757. The van der Waals surface area contributed by atoms with E-state index in [4.69, 9.17) is 11.6 Å². The molecule has 100 valence electrons. The maximum absolute atomic E-state index is 13.0. The second-order valence-electron chi connectivity index (χ2n) is 4.31. The summed E-state index contributed by atoms with van der Waals surface area (Å²) in [5.74, 6) is -1.98. The predicted octanol–water partition coefficient (Wildman–Crippen LogP) is 2.98. The monoisotopic (exact) mass is 275 g/mol. The van der Waals surface area contributed by atoms with Gasteiger partial charge in [-0.05, 0) is 31.0 Å². The zero-order valence-electron chi connectivity index (χ0n) is 10.4. The lowest BCUT2D eigenvalue weighted by Gasteiger charge is -2.17. The molecule has 1 atom stereocenters. The molecule has 0 aliphatic carbocycles. The highest BCUT2D eigenvalue weighted by Crippen LogP contribution is 2.10. The Balaban J connectivity index is 2.55. The highest BCUT2D eigenvalue weighted by Gasteiger charge is 2.12. The van der Waals surface area contributed by atoms with E-state index in [0.717, 1.165) is 12.1 Å². The van der Waals surface area contributed by atoms with E-state index < -0.39 is 11.6 Å². The SMILES string of the molecule is CC(Cl)CCN(C)C(=O)Cc1ccc(F)c(F)c1. The van der Waals surface area contributed by atoms with Crippen molar-refractivity contribution in [1.29, 1.82) is 0 Å². The number of carbonyl (C=O) groups excluding carboxylic acids is 1. The Morgan fingerprint density at radius 1 is 1.39 bits per heavy atom. The predicted molar refractivity (Wildman–Crippen MR) is 67.6 cm³/mol. The van der Waals surface area contributed by atoms with Crippen LogP contribution in [0.1, 0.15) is 18.9 Å². The lowest BCUT2D eigenvalue weighted by Crippen LogP contribution is -2.30. The minimum atomic E-state index is -0.933. The van der Waals surface area contributed by atoms with Crippen molar-refractivity contribution in [2.45, 2.75) is 25.1 Å². The summed E-state index contributed by atoms with van der Waals surface area (Å²) in [6.45, 7) is 2.41. The normalized spacial score (nSPS) is 12.3. The number of nitrogens with zero attached hydrogens (tertiary/aromatic N) is 1.